The third-order valence-corrected chi connectivity index (χ3v) is 6.56. The van der Waals surface area contributed by atoms with Gasteiger partial charge in [-0.1, -0.05) is 71.6 Å². The van der Waals surface area contributed by atoms with Crippen LogP contribution in [0.2, 0.25) is 0 Å². The Morgan fingerprint density at radius 1 is 0.618 bits per heavy atom. The summed E-state index contributed by atoms with van der Waals surface area (Å²) in [6, 6.07) is 2.05. The van der Waals surface area contributed by atoms with E-state index in [0.717, 1.165) is 32.1 Å². The average Bonchev–Trinajstić information content (AvgIpc) is 3.31. The van der Waals surface area contributed by atoms with Gasteiger partial charge < -0.3 is 4.42 Å². The van der Waals surface area contributed by atoms with E-state index in [1.807, 2.05) is 6.26 Å². The fourth-order valence-corrected chi connectivity index (χ4v) is 4.07. The zero-order valence-corrected chi connectivity index (χ0v) is 23.2. The molecule has 0 amide bonds. The SMILES string of the molecule is CCCC/C(C)=C/CC/C(C)=C/CC/C(C)=C/CC/C(C)=C/CC/C(C)=C/CCc1ccoc1. The highest BCUT2D eigenvalue weighted by molar-refractivity contribution is 5.10. The van der Waals surface area contributed by atoms with Crippen molar-refractivity contribution in [3.05, 3.63) is 82.4 Å². The van der Waals surface area contributed by atoms with E-state index in [4.69, 9.17) is 4.42 Å². The van der Waals surface area contributed by atoms with Crippen LogP contribution < -0.4 is 0 Å². The normalized spacial score (nSPS) is 14.2. The van der Waals surface area contributed by atoms with Crippen molar-refractivity contribution in [2.24, 2.45) is 0 Å². The molecule has 0 spiro atoms. The van der Waals surface area contributed by atoms with Crippen LogP contribution in [-0.4, -0.2) is 0 Å². The van der Waals surface area contributed by atoms with Gasteiger partial charge in [0.2, 0.25) is 0 Å². The molecule has 0 aromatic carbocycles. The van der Waals surface area contributed by atoms with Crippen LogP contribution in [0.1, 0.15) is 124 Å². The lowest BCUT2D eigenvalue weighted by Gasteiger charge is -2.04. The molecule has 1 rings (SSSR count). The Kier molecular flexibility index (Phi) is 17.0. The van der Waals surface area contributed by atoms with Gasteiger partial charge in [0.25, 0.3) is 0 Å². The Hall–Kier alpha value is -2.02. The Balaban J connectivity index is 2.18. The molecule has 34 heavy (non-hydrogen) atoms. The third-order valence-electron chi connectivity index (χ3n) is 6.56. The molecule has 1 heterocycles. The minimum atomic E-state index is 1.07. The van der Waals surface area contributed by atoms with Gasteiger partial charge in [-0.3, -0.25) is 0 Å². The summed E-state index contributed by atoms with van der Waals surface area (Å²) in [7, 11) is 0. The van der Waals surface area contributed by atoms with Crippen LogP contribution in [0, 0.1) is 0 Å². The molecule has 0 aliphatic carbocycles. The second-order valence-electron chi connectivity index (χ2n) is 10.2. The minimum absolute atomic E-state index is 1.07. The average molecular weight is 465 g/mol. The summed E-state index contributed by atoms with van der Waals surface area (Å²) in [6.45, 7) is 13.7. The van der Waals surface area contributed by atoms with Crippen molar-refractivity contribution < 1.29 is 4.42 Å². The summed E-state index contributed by atoms with van der Waals surface area (Å²) in [5.74, 6) is 0. The monoisotopic (exact) mass is 464 g/mol. The maximum atomic E-state index is 5.13. The maximum Gasteiger partial charge on any atom is 0.0934 e. The van der Waals surface area contributed by atoms with Gasteiger partial charge in [0.15, 0.2) is 0 Å². The molecule has 0 aliphatic rings. The van der Waals surface area contributed by atoms with Gasteiger partial charge in [0.1, 0.15) is 0 Å². The molecule has 0 saturated heterocycles. The zero-order chi connectivity index (χ0) is 25.0. The number of furan rings is 1. The first kappa shape index (κ1) is 30.0. The van der Waals surface area contributed by atoms with E-state index >= 15 is 0 Å². The smallest absolute Gasteiger partial charge is 0.0934 e. The van der Waals surface area contributed by atoms with Crippen LogP contribution in [0.15, 0.2) is 81.3 Å². The Labute approximate surface area is 211 Å². The van der Waals surface area contributed by atoms with Crippen LogP contribution in [0.3, 0.4) is 0 Å². The lowest BCUT2D eigenvalue weighted by Crippen LogP contribution is -1.84. The quantitative estimate of drug-likeness (QED) is 0.197. The maximum absolute atomic E-state index is 5.13. The molecule has 0 unspecified atom stereocenters. The van der Waals surface area contributed by atoms with E-state index in [-0.39, 0.29) is 0 Å². The van der Waals surface area contributed by atoms with Gasteiger partial charge in [-0.2, -0.15) is 0 Å². The van der Waals surface area contributed by atoms with Crippen LogP contribution in [-0.2, 0) is 6.42 Å². The molecule has 0 aliphatic heterocycles. The summed E-state index contributed by atoms with van der Waals surface area (Å²) >= 11 is 0. The van der Waals surface area contributed by atoms with Gasteiger partial charge in [-0.25, -0.2) is 0 Å². The number of hydrogen-bond acceptors (Lipinski definition) is 1. The van der Waals surface area contributed by atoms with Crippen LogP contribution in [0.4, 0.5) is 0 Å². The summed E-state index contributed by atoms with van der Waals surface area (Å²) in [6.07, 6.45) is 31.2. The molecule has 0 bridgehead atoms. The first-order valence-corrected chi connectivity index (χ1v) is 13.7. The molecule has 1 aromatic heterocycles. The lowest BCUT2D eigenvalue weighted by molar-refractivity contribution is 0.564. The number of hydrogen-bond donors (Lipinski definition) is 0. The summed E-state index contributed by atoms with van der Waals surface area (Å²) < 4.78 is 5.13. The van der Waals surface area contributed by atoms with Gasteiger partial charge in [0.05, 0.1) is 12.5 Å². The molecule has 0 atom stereocenters. The van der Waals surface area contributed by atoms with Crippen molar-refractivity contribution in [2.45, 2.75) is 125 Å². The van der Waals surface area contributed by atoms with E-state index in [0.29, 0.717) is 0 Å². The largest absolute Gasteiger partial charge is 0.472 e. The highest BCUT2D eigenvalue weighted by Gasteiger charge is 1.96. The second kappa shape index (κ2) is 19.3. The molecule has 0 saturated carbocycles. The summed E-state index contributed by atoms with van der Waals surface area (Å²) in [5, 5.41) is 0. The van der Waals surface area contributed by atoms with Gasteiger partial charge >= 0.3 is 0 Å². The summed E-state index contributed by atoms with van der Waals surface area (Å²) in [4.78, 5) is 0. The van der Waals surface area contributed by atoms with Gasteiger partial charge in [-0.05, 0) is 123 Å². The van der Waals surface area contributed by atoms with E-state index in [1.54, 1.807) is 11.8 Å². The number of aryl methyl sites for hydroxylation is 1. The predicted octanol–water partition coefficient (Wildman–Crippen LogP) is 11.3. The van der Waals surface area contributed by atoms with Gasteiger partial charge in [-0.15, -0.1) is 0 Å². The van der Waals surface area contributed by atoms with Crippen LogP contribution >= 0.6 is 0 Å². The fourth-order valence-electron chi connectivity index (χ4n) is 4.07. The molecule has 0 radical (unpaired) electrons. The Morgan fingerprint density at radius 2 is 1.03 bits per heavy atom. The molecular weight excluding hydrogens is 412 g/mol. The lowest BCUT2D eigenvalue weighted by atomic mass is 10.0. The highest BCUT2D eigenvalue weighted by Crippen LogP contribution is 2.16. The topological polar surface area (TPSA) is 13.1 Å². The first-order valence-electron chi connectivity index (χ1n) is 13.7. The molecule has 190 valence electrons. The highest BCUT2D eigenvalue weighted by atomic mass is 16.3. The number of rotatable bonds is 18. The van der Waals surface area contributed by atoms with Crippen molar-refractivity contribution in [1.29, 1.82) is 0 Å². The molecular formula is C33H52O. The van der Waals surface area contributed by atoms with E-state index in [1.165, 1.54) is 79.2 Å². The predicted molar refractivity (Wildman–Crippen MR) is 152 cm³/mol. The summed E-state index contributed by atoms with van der Waals surface area (Å²) in [5.41, 5.74) is 8.93. The van der Waals surface area contributed by atoms with Crippen molar-refractivity contribution in [1.82, 2.24) is 0 Å². The molecule has 1 aromatic rings. The molecule has 0 fully saturated rings. The number of allylic oxidation sites excluding steroid dienone is 10. The van der Waals surface area contributed by atoms with Crippen molar-refractivity contribution in [3.8, 4) is 0 Å². The second-order valence-corrected chi connectivity index (χ2v) is 10.2. The minimum Gasteiger partial charge on any atom is -0.472 e. The van der Waals surface area contributed by atoms with Crippen molar-refractivity contribution >= 4 is 0 Å². The zero-order valence-electron chi connectivity index (χ0n) is 23.2. The van der Waals surface area contributed by atoms with E-state index < -0.39 is 0 Å². The molecule has 1 heteroatoms. The Bertz CT molecular complexity index is 796. The van der Waals surface area contributed by atoms with Crippen LogP contribution in [0.5, 0.6) is 0 Å². The molecule has 0 N–H and O–H groups in total. The van der Waals surface area contributed by atoms with Gasteiger partial charge in [0, 0.05) is 0 Å². The first-order chi connectivity index (χ1) is 16.4. The number of unbranched alkanes of at least 4 members (excludes halogenated alkanes) is 1. The van der Waals surface area contributed by atoms with Crippen molar-refractivity contribution in [2.75, 3.05) is 0 Å². The van der Waals surface area contributed by atoms with Crippen LogP contribution in [0.25, 0.3) is 0 Å². The van der Waals surface area contributed by atoms with E-state index in [2.05, 4.69) is 78.0 Å². The molecule has 1 nitrogen and oxygen atoms in total. The van der Waals surface area contributed by atoms with Crippen molar-refractivity contribution in [3.63, 3.8) is 0 Å². The standard InChI is InChI=1S/C33H52O/c1-7-8-14-28(2)15-9-16-29(3)17-10-18-30(4)19-11-20-31(5)21-12-22-32(6)23-13-24-33-25-26-34-27-33/h15,17,19,21,23,25-27H,7-14,16,18,20,22,24H2,1-6H3/b28-15+,29-17+,30-19+,31-21+,32-23+. The Morgan fingerprint density at radius 3 is 1.41 bits per heavy atom. The third kappa shape index (κ3) is 16.6. The van der Waals surface area contributed by atoms with E-state index in [9.17, 15) is 0 Å². The fraction of sp³-hybridized carbons (Fsp3) is 0.576.